The van der Waals surface area contributed by atoms with Gasteiger partial charge in [0, 0.05) is 26.3 Å². The fraction of sp³-hybridized carbons (Fsp3) is 0.357. The smallest absolute Gasteiger partial charge is 0.221 e. The van der Waals surface area contributed by atoms with Crippen LogP contribution in [0.1, 0.15) is 24.3 Å². The molecule has 0 aliphatic carbocycles. The zero-order valence-electron chi connectivity index (χ0n) is 10.8. The molecule has 0 saturated carbocycles. The molecule has 0 spiro atoms. The fourth-order valence-electron chi connectivity index (χ4n) is 1.84. The molecule has 0 unspecified atom stereocenters. The molecule has 0 aliphatic heterocycles. The summed E-state index contributed by atoms with van der Waals surface area (Å²) in [6, 6.07) is 7.78. The number of hydrogen-bond donors (Lipinski definition) is 1. The summed E-state index contributed by atoms with van der Waals surface area (Å²) in [5.41, 5.74) is 2.70. The number of oxazole rings is 1. The lowest BCUT2D eigenvalue weighted by molar-refractivity contribution is -0.120. The van der Waals surface area contributed by atoms with Gasteiger partial charge in [-0.2, -0.15) is 5.26 Å². The van der Waals surface area contributed by atoms with Gasteiger partial charge < -0.3 is 9.73 Å². The van der Waals surface area contributed by atoms with Gasteiger partial charge in [0.1, 0.15) is 5.52 Å². The largest absolute Gasteiger partial charge is 0.441 e. The molecule has 1 N–H and O–H groups in total. The van der Waals surface area contributed by atoms with Crippen LogP contribution in [0.4, 0.5) is 0 Å². The maximum Gasteiger partial charge on any atom is 0.221 e. The van der Waals surface area contributed by atoms with Crippen molar-refractivity contribution < 1.29 is 9.21 Å². The van der Waals surface area contributed by atoms with Crippen molar-refractivity contribution >= 4 is 17.0 Å². The standard InChI is InChI=1S/C14H15N3O2/c1-10-17-12-5-4-11(9-13(12)19-10)6-8-16-14(18)3-2-7-15/h4-5,9H,2-3,6,8H2,1H3,(H,16,18). The van der Waals surface area contributed by atoms with Crippen LogP contribution in [0.5, 0.6) is 0 Å². The molecule has 0 atom stereocenters. The minimum Gasteiger partial charge on any atom is -0.441 e. The average molecular weight is 257 g/mol. The van der Waals surface area contributed by atoms with Gasteiger partial charge in [0.25, 0.3) is 0 Å². The van der Waals surface area contributed by atoms with E-state index in [2.05, 4.69) is 10.3 Å². The van der Waals surface area contributed by atoms with E-state index in [1.165, 1.54) is 0 Å². The molecule has 19 heavy (non-hydrogen) atoms. The number of benzene rings is 1. The highest BCUT2D eigenvalue weighted by Gasteiger charge is 2.04. The topological polar surface area (TPSA) is 78.9 Å². The first kappa shape index (κ1) is 13.1. The first-order valence-electron chi connectivity index (χ1n) is 6.19. The van der Waals surface area contributed by atoms with Gasteiger partial charge in [-0.15, -0.1) is 0 Å². The van der Waals surface area contributed by atoms with Gasteiger partial charge in [-0.05, 0) is 24.1 Å². The Morgan fingerprint density at radius 1 is 1.53 bits per heavy atom. The summed E-state index contributed by atoms with van der Waals surface area (Å²) in [5.74, 6) is 0.565. The van der Waals surface area contributed by atoms with Crippen molar-refractivity contribution in [2.24, 2.45) is 0 Å². The molecule has 5 heteroatoms. The van der Waals surface area contributed by atoms with Crippen LogP contribution in [0, 0.1) is 18.3 Å². The van der Waals surface area contributed by atoms with Crippen LogP contribution in [0.15, 0.2) is 22.6 Å². The molecule has 1 aromatic heterocycles. The third kappa shape index (κ3) is 3.55. The number of amides is 1. The quantitative estimate of drug-likeness (QED) is 0.889. The van der Waals surface area contributed by atoms with E-state index < -0.39 is 0 Å². The first-order valence-corrected chi connectivity index (χ1v) is 6.19. The summed E-state index contributed by atoms with van der Waals surface area (Å²) in [7, 11) is 0. The highest BCUT2D eigenvalue weighted by molar-refractivity contribution is 5.76. The Balaban J connectivity index is 1.88. The number of aryl methyl sites for hydroxylation is 1. The van der Waals surface area contributed by atoms with Gasteiger partial charge in [0.15, 0.2) is 11.5 Å². The van der Waals surface area contributed by atoms with Gasteiger partial charge in [0.05, 0.1) is 6.07 Å². The molecule has 2 rings (SSSR count). The highest BCUT2D eigenvalue weighted by Crippen LogP contribution is 2.16. The Hall–Kier alpha value is -2.35. The summed E-state index contributed by atoms with van der Waals surface area (Å²) in [4.78, 5) is 15.5. The van der Waals surface area contributed by atoms with Crippen LogP contribution in [-0.2, 0) is 11.2 Å². The Morgan fingerprint density at radius 3 is 3.16 bits per heavy atom. The van der Waals surface area contributed by atoms with Gasteiger partial charge in [-0.3, -0.25) is 4.79 Å². The molecule has 0 fully saturated rings. The fourth-order valence-corrected chi connectivity index (χ4v) is 1.84. The van der Waals surface area contributed by atoms with Gasteiger partial charge in [-0.25, -0.2) is 4.98 Å². The maximum absolute atomic E-state index is 11.3. The Labute approximate surface area is 111 Å². The van der Waals surface area contributed by atoms with Gasteiger partial charge >= 0.3 is 0 Å². The second-order valence-corrected chi connectivity index (χ2v) is 4.29. The van der Waals surface area contributed by atoms with Crippen molar-refractivity contribution in [2.45, 2.75) is 26.2 Å². The summed E-state index contributed by atoms with van der Waals surface area (Å²) in [5, 5.41) is 11.2. The predicted molar refractivity (Wildman–Crippen MR) is 70.3 cm³/mol. The molecule has 1 heterocycles. The molecular weight excluding hydrogens is 242 g/mol. The van der Waals surface area contributed by atoms with Crippen LogP contribution in [0.3, 0.4) is 0 Å². The molecule has 0 radical (unpaired) electrons. The number of nitrogens with zero attached hydrogens (tertiary/aromatic N) is 2. The number of aromatic nitrogens is 1. The molecule has 0 aliphatic rings. The summed E-state index contributed by atoms with van der Waals surface area (Å²) in [6.45, 7) is 2.37. The van der Waals surface area contributed by atoms with Crippen molar-refractivity contribution in [2.75, 3.05) is 6.54 Å². The van der Waals surface area contributed by atoms with Gasteiger partial charge in [0.2, 0.25) is 5.91 Å². The molecule has 2 aromatic rings. The molecular formula is C14H15N3O2. The normalized spacial score (nSPS) is 10.3. The average Bonchev–Trinajstić information content (AvgIpc) is 2.75. The van der Waals surface area contributed by atoms with E-state index >= 15 is 0 Å². The van der Waals surface area contributed by atoms with Crippen molar-refractivity contribution in [1.29, 1.82) is 5.26 Å². The minimum absolute atomic E-state index is 0.0851. The number of fused-ring (bicyclic) bond motifs is 1. The Kier molecular flexibility index (Phi) is 4.14. The van der Waals surface area contributed by atoms with E-state index in [9.17, 15) is 4.79 Å². The monoisotopic (exact) mass is 257 g/mol. The van der Waals surface area contributed by atoms with E-state index in [1.54, 1.807) is 0 Å². The number of carbonyl (C=O) groups is 1. The van der Waals surface area contributed by atoms with Crippen molar-refractivity contribution in [1.82, 2.24) is 10.3 Å². The minimum atomic E-state index is -0.0851. The lowest BCUT2D eigenvalue weighted by Gasteiger charge is -2.03. The Bertz CT molecular complexity index is 625. The van der Waals surface area contributed by atoms with Crippen LogP contribution >= 0.6 is 0 Å². The molecule has 98 valence electrons. The Morgan fingerprint density at radius 2 is 2.37 bits per heavy atom. The predicted octanol–water partition coefficient (Wildman–Crippen LogP) is 2.10. The summed E-state index contributed by atoms with van der Waals surface area (Å²) >= 11 is 0. The molecule has 1 aromatic carbocycles. The lowest BCUT2D eigenvalue weighted by atomic mass is 10.1. The molecule has 5 nitrogen and oxygen atoms in total. The molecule has 1 amide bonds. The van der Waals surface area contributed by atoms with Crippen molar-refractivity contribution in [3.63, 3.8) is 0 Å². The number of rotatable bonds is 5. The summed E-state index contributed by atoms with van der Waals surface area (Å²) in [6.07, 6.45) is 1.25. The SMILES string of the molecule is Cc1nc2ccc(CCNC(=O)CCC#N)cc2o1. The maximum atomic E-state index is 11.3. The zero-order chi connectivity index (χ0) is 13.7. The number of nitriles is 1. The highest BCUT2D eigenvalue weighted by atomic mass is 16.3. The van der Waals surface area contributed by atoms with Crippen molar-refractivity contribution in [3.8, 4) is 6.07 Å². The molecule has 0 saturated heterocycles. The van der Waals surface area contributed by atoms with Gasteiger partial charge in [-0.1, -0.05) is 6.07 Å². The molecule has 0 bridgehead atoms. The van der Waals surface area contributed by atoms with E-state index in [-0.39, 0.29) is 18.7 Å². The van der Waals surface area contributed by atoms with E-state index in [1.807, 2.05) is 31.2 Å². The van der Waals surface area contributed by atoms with Crippen LogP contribution in [0.2, 0.25) is 0 Å². The zero-order valence-corrected chi connectivity index (χ0v) is 10.8. The van der Waals surface area contributed by atoms with Crippen LogP contribution in [-0.4, -0.2) is 17.4 Å². The van der Waals surface area contributed by atoms with E-state index in [0.717, 1.165) is 23.1 Å². The third-order valence-electron chi connectivity index (χ3n) is 2.76. The van der Waals surface area contributed by atoms with Crippen LogP contribution in [0.25, 0.3) is 11.1 Å². The second kappa shape index (κ2) is 6.01. The number of carbonyl (C=O) groups excluding carboxylic acids is 1. The second-order valence-electron chi connectivity index (χ2n) is 4.29. The van der Waals surface area contributed by atoms with Crippen molar-refractivity contribution in [3.05, 3.63) is 29.7 Å². The number of hydrogen-bond acceptors (Lipinski definition) is 4. The first-order chi connectivity index (χ1) is 9.19. The lowest BCUT2D eigenvalue weighted by Crippen LogP contribution is -2.25. The van der Waals surface area contributed by atoms with Crippen LogP contribution < -0.4 is 5.32 Å². The van der Waals surface area contributed by atoms with E-state index in [0.29, 0.717) is 12.4 Å². The third-order valence-corrected chi connectivity index (χ3v) is 2.76. The van der Waals surface area contributed by atoms with E-state index in [4.69, 9.17) is 9.68 Å². The number of nitrogens with one attached hydrogen (secondary N) is 1. The summed E-state index contributed by atoms with van der Waals surface area (Å²) < 4.78 is 5.45.